The number of aryl methyl sites for hydroxylation is 2. The lowest BCUT2D eigenvalue weighted by molar-refractivity contribution is -0.117. The average Bonchev–Trinajstić information content (AvgIpc) is 3.62. The fourth-order valence-corrected chi connectivity index (χ4v) is 5.78. The van der Waals surface area contributed by atoms with Crippen LogP contribution in [0.4, 0.5) is 5.69 Å². The van der Waals surface area contributed by atoms with Gasteiger partial charge in [-0.05, 0) is 31.4 Å². The molecule has 0 saturated carbocycles. The molecule has 0 spiro atoms. The molecule has 37 heavy (non-hydrogen) atoms. The number of hydrogen-bond donors (Lipinski definition) is 1. The Hall–Kier alpha value is -3.74. The smallest absolute Gasteiger partial charge is 0.238 e. The number of amides is 1. The molecule has 2 fully saturated rings. The first-order valence-electron chi connectivity index (χ1n) is 13.0. The van der Waals surface area contributed by atoms with E-state index in [9.17, 15) is 4.79 Å². The highest BCUT2D eigenvalue weighted by Gasteiger charge is 2.44. The molecule has 188 valence electrons. The molecule has 2 aliphatic heterocycles. The molecule has 1 aromatic heterocycles. The normalized spacial score (nSPS) is 19.4. The number of carbonyl (C=O) groups is 1. The van der Waals surface area contributed by atoms with E-state index in [1.165, 1.54) is 0 Å². The van der Waals surface area contributed by atoms with Crippen molar-refractivity contribution in [3.05, 3.63) is 95.9 Å². The molecule has 3 aromatic carbocycles. The fraction of sp³-hybridized carbons (Fsp3) is 0.290. The molecule has 0 unspecified atom stereocenters. The summed E-state index contributed by atoms with van der Waals surface area (Å²) in [6.45, 7) is 6.99. The first-order valence-corrected chi connectivity index (χ1v) is 13.0. The van der Waals surface area contributed by atoms with E-state index in [-0.39, 0.29) is 5.91 Å². The van der Waals surface area contributed by atoms with Crippen molar-refractivity contribution in [3.8, 4) is 22.6 Å². The van der Waals surface area contributed by atoms with Gasteiger partial charge in [0.15, 0.2) is 5.76 Å². The molecule has 2 saturated heterocycles. The second-order valence-corrected chi connectivity index (χ2v) is 10.2. The third-order valence-electron chi connectivity index (χ3n) is 7.65. The van der Waals surface area contributed by atoms with Crippen molar-refractivity contribution in [2.45, 2.75) is 38.9 Å². The van der Waals surface area contributed by atoms with E-state index < -0.39 is 0 Å². The van der Waals surface area contributed by atoms with Crippen LogP contribution in [0.3, 0.4) is 0 Å². The molecular weight excluding hydrogens is 460 g/mol. The maximum absolute atomic E-state index is 12.8. The van der Waals surface area contributed by atoms with E-state index >= 15 is 0 Å². The topological polar surface area (TPSA) is 61.6 Å². The predicted octanol–water partition coefficient (Wildman–Crippen LogP) is 5.52. The van der Waals surface area contributed by atoms with E-state index in [2.05, 4.69) is 39.4 Å². The first kappa shape index (κ1) is 23.6. The van der Waals surface area contributed by atoms with Crippen LogP contribution in [0.5, 0.6) is 0 Å². The van der Waals surface area contributed by atoms with E-state index in [0.29, 0.717) is 25.2 Å². The molecule has 1 N–H and O–H groups in total. The van der Waals surface area contributed by atoms with E-state index in [0.717, 1.165) is 64.8 Å². The number of piperazine rings is 1. The van der Waals surface area contributed by atoms with Crippen molar-refractivity contribution in [2.24, 2.45) is 0 Å². The van der Waals surface area contributed by atoms with Crippen LogP contribution in [0.1, 0.15) is 23.4 Å². The minimum atomic E-state index is 0.0595. The van der Waals surface area contributed by atoms with Crippen LogP contribution in [0.15, 0.2) is 83.3 Å². The molecule has 6 nitrogen and oxygen atoms in total. The maximum atomic E-state index is 12.8. The van der Waals surface area contributed by atoms with Crippen LogP contribution in [0.2, 0.25) is 0 Å². The van der Waals surface area contributed by atoms with Gasteiger partial charge in [-0.2, -0.15) is 0 Å². The number of nitrogens with zero attached hydrogens (tertiary/aromatic N) is 3. The van der Waals surface area contributed by atoms with Crippen LogP contribution in [0, 0.1) is 13.8 Å². The number of benzene rings is 3. The number of fused-ring (bicyclic) bond motifs is 2. The minimum absolute atomic E-state index is 0.0595. The average molecular weight is 493 g/mol. The van der Waals surface area contributed by atoms with Crippen LogP contribution in [-0.4, -0.2) is 52.4 Å². The lowest BCUT2D eigenvalue weighted by atomic mass is 10.1. The molecule has 2 aliphatic rings. The summed E-state index contributed by atoms with van der Waals surface area (Å²) in [6, 6.07) is 27.3. The number of rotatable bonds is 7. The number of nitrogens with one attached hydrogen (secondary N) is 1. The molecule has 6 rings (SSSR count). The van der Waals surface area contributed by atoms with Gasteiger partial charge in [0.1, 0.15) is 5.69 Å². The molecule has 0 radical (unpaired) electrons. The summed E-state index contributed by atoms with van der Waals surface area (Å²) in [4.78, 5) is 22.6. The third kappa shape index (κ3) is 4.82. The Labute approximate surface area is 217 Å². The Balaban J connectivity index is 1.13. The van der Waals surface area contributed by atoms with Gasteiger partial charge in [0, 0.05) is 42.0 Å². The van der Waals surface area contributed by atoms with Gasteiger partial charge in [0.25, 0.3) is 0 Å². The Morgan fingerprint density at radius 2 is 1.49 bits per heavy atom. The standard InChI is InChI=1S/C31H32N4O2/c1-21-10-9-11-22(2)29(21)32-27(36)19-34-17-26-16-25(34)18-35(26)20-28-33-30(23-12-5-3-6-13-23)31(37-28)24-14-7-4-8-15-24/h3-15,25-26H,16-20H2,1-2H3,(H,32,36)/t25-,26-/m0/s1. The maximum Gasteiger partial charge on any atom is 0.238 e. The Kier molecular flexibility index (Phi) is 6.37. The highest BCUT2D eigenvalue weighted by Crippen LogP contribution is 2.35. The van der Waals surface area contributed by atoms with Gasteiger partial charge < -0.3 is 9.73 Å². The summed E-state index contributed by atoms with van der Waals surface area (Å²) >= 11 is 0. The molecular formula is C31H32N4O2. The van der Waals surface area contributed by atoms with E-state index in [1.807, 2.05) is 68.4 Å². The van der Waals surface area contributed by atoms with Gasteiger partial charge in [-0.1, -0.05) is 78.9 Å². The largest absolute Gasteiger partial charge is 0.439 e. The number of para-hydroxylation sites is 1. The number of anilines is 1. The molecule has 3 heterocycles. The number of oxazole rings is 1. The van der Waals surface area contributed by atoms with Gasteiger partial charge in [-0.15, -0.1) is 0 Å². The van der Waals surface area contributed by atoms with Gasteiger partial charge in [-0.3, -0.25) is 14.6 Å². The van der Waals surface area contributed by atoms with Crippen molar-refractivity contribution in [2.75, 3.05) is 25.0 Å². The first-order chi connectivity index (χ1) is 18.0. The quantitative estimate of drug-likeness (QED) is 0.368. The Morgan fingerprint density at radius 3 is 2.14 bits per heavy atom. The zero-order chi connectivity index (χ0) is 25.4. The fourth-order valence-electron chi connectivity index (χ4n) is 5.78. The number of likely N-dealkylation sites (tertiary alicyclic amines) is 2. The summed E-state index contributed by atoms with van der Waals surface area (Å²) in [6.07, 6.45) is 1.08. The number of hydrogen-bond acceptors (Lipinski definition) is 5. The van der Waals surface area contributed by atoms with Gasteiger partial charge >= 0.3 is 0 Å². The highest BCUT2D eigenvalue weighted by atomic mass is 16.4. The van der Waals surface area contributed by atoms with Gasteiger partial charge in [-0.25, -0.2) is 4.98 Å². The second-order valence-electron chi connectivity index (χ2n) is 10.2. The third-order valence-corrected chi connectivity index (χ3v) is 7.65. The molecule has 0 aliphatic carbocycles. The lowest BCUT2D eigenvalue weighted by Gasteiger charge is -2.33. The summed E-state index contributed by atoms with van der Waals surface area (Å²) in [5.74, 6) is 1.62. The van der Waals surface area contributed by atoms with Crippen LogP contribution in [0.25, 0.3) is 22.6 Å². The number of carbonyl (C=O) groups excluding carboxylic acids is 1. The molecule has 4 aromatic rings. The van der Waals surface area contributed by atoms with Crippen molar-refractivity contribution in [1.82, 2.24) is 14.8 Å². The van der Waals surface area contributed by atoms with Crippen molar-refractivity contribution in [3.63, 3.8) is 0 Å². The van der Waals surface area contributed by atoms with Crippen LogP contribution >= 0.6 is 0 Å². The summed E-state index contributed by atoms with van der Waals surface area (Å²) in [5, 5.41) is 3.14. The van der Waals surface area contributed by atoms with Crippen LogP contribution in [-0.2, 0) is 11.3 Å². The highest BCUT2D eigenvalue weighted by molar-refractivity contribution is 5.93. The zero-order valence-corrected chi connectivity index (χ0v) is 21.4. The zero-order valence-electron chi connectivity index (χ0n) is 21.4. The van der Waals surface area contributed by atoms with E-state index in [1.54, 1.807) is 0 Å². The van der Waals surface area contributed by atoms with Crippen molar-refractivity contribution >= 4 is 11.6 Å². The van der Waals surface area contributed by atoms with E-state index in [4.69, 9.17) is 9.40 Å². The van der Waals surface area contributed by atoms with Gasteiger partial charge in [0.05, 0.1) is 13.1 Å². The predicted molar refractivity (Wildman–Crippen MR) is 146 cm³/mol. The second kappa shape index (κ2) is 9.96. The molecule has 6 heteroatoms. The summed E-state index contributed by atoms with van der Waals surface area (Å²) in [5.41, 5.74) is 6.10. The number of aromatic nitrogens is 1. The van der Waals surface area contributed by atoms with Crippen LogP contribution < -0.4 is 5.32 Å². The lowest BCUT2D eigenvalue weighted by Crippen LogP contribution is -2.48. The monoisotopic (exact) mass is 492 g/mol. The van der Waals surface area contributed by atoms with Crippen molar-refractivity contribution in [1.29, 1.82) is 0 Å². The van der Waals surface area contributed by atoms with Crippen molar-refractivity contribution < 1.29 is 9.21 Å². The Bertz CT molecular complexity index is 1320. The summed E-state index contributed by atoms with van der Waals surface area (Å²) in [7, 11) is 0. The van der Waals surface area contributed by atoms with Gasteiger partial charge in [0.2, 0.25) is 11.8 Å². The molecule has 2 bridgehead atoms. The SMILES string of the molecule is Cc1cccc(C)c1NC(=O)CN1C[C@@H]2C[C@H]1CN2Cc1nc(-c2ccccc2)c(-c2ccccc2)o1. The summed E-state index contributed by atoms with van der Waals surface area (Å²) < 4.78 is 6.37. The molecule has 1 amide bonds. The minimum Gasteiger partial charge on any atom is -0.439 e. The Morgan fingerprint density at radius 1 is 0.865 bits per heavy atom. The molecule has 2 atom stereocenters.